The summed E-state index contributed by atoms with van der Waals surface area (Å²) >= 11 is 11.9. The number of benzene rings is 3. The summed E-state index contributed by atoms with van der Waals surface area (Å²) in [5.74, 6) is 1.33. The molecule has 1 aliphatic rings. The van der Waals surface area contributed by atoms with Gasteiger partial charge in [0.25, 0.3) is 0 Å². The molecule has 0 bridgehead atoms. The van der Waals surface area contributed by atoms with Crippen molar-refractivity contribution in [1.82, 2.24) is 0 Å². The van der Waals surface area contributed by atoms with Crippen LogP contribution in [-0.2, 0) is 6.61 Å². The Bertz CT molecular complexity index is 1090. The van der Waals surface area contributed by atoms with Crippen molar-refractivity contribution in [2.45, 2.75) is 13.5 Å². The molecule has 0 N–H and O–H groups in total. The number of hydrogen-bond acceptors (Lipinski definition) is 3. The van der Waals surface area contributed by atoms with Crippen molar-refractivity contribution in [3.63, 3.8) is 0 Å². The molecule has 3 nitrogen and oxygen atoms in total. The van der Waals surface area contributed by atoms with Gasteiger partial charge in [0, 0.05) is 15.6 Å². The van der Waals surface area contributed by atoms with Crippen molar-refractivity contribution >= 4 is 35.1 Å². The maximum Gasteiger partial charge on any atom is 0.231 e. The van der Waals surface area contributed by atoms with Crippen LogP contribution in [0.3, 0.4) is 0 Å². The van der Waals surface area contributed by atoms with Gasteiger partial charge in [-0.25, -0.2) is 0 Å². The normalized spacial score (nSPS) is 14.1. The third kappa shape index (κ3) is 3.77. The first kappa shape index (κ1) is 18.6. The molecule has 0 amide bonds. The molecule has 0 atom stereocenters. The van der Waals surface area contributed by atoms with E-state index in [4.69, 9.17) is 32.7 Å². The summed E-state index contributed by atoms with van der Waals surface area (Å²) in [5.41, 5.74) is 3.13. The number of Topliss-reactive ketones (excluding diaryl/α,β-unsaturated/α-hetero) is 1. The van der Waals surface area contributed by atoms with E-state index < -0.39 is 0 Å². The van der Waals surface area contributed by atoms with Gasteiger partial charge in [-0.1, -0.05) is 47.5 Å². The quantitative estimate of drug-likeness (QED) is 0.460. The zero-order chi connectivity index (χ0) is 19.7. The largest absolute Gasteiger partial charge is 0.488 e. The lowest BCUT2D eigenvalue weighted by atomic mass is 10.1. The van der Waals surface area contributed by atoms with Crippen LogP contribution in [0.15, 0.2) is 66.4 Å². The van der Waals surface area contributed by atoms with Crippen LogP contribution in [-0.4, -0.2) is 5.78 Å². The number of carbonyl (C=O) groups excluding carboxylic acids is 1. The van der Waals surface area contributed by atoms with E-state index in [9.17, 15) is 4.79 Å². The van der Waals surface area contributed by atoms with Crippen LogP contribution >= 0.6 is 23.2 Å². The second kappa shape index (κ2) is 7.70. The highest BCUT2D eigenvalue weighted by molar-refractivity contribution is 6.31. The van der Waals surface area contributed by atoms with Crippen molar-refractivity contribution in [1.29, 1.82) is 0 Å². The molecule has 3 aromatic carbocycles. The zero-order valence-corrected chi connectivity index (χ0v) is 16.6. The number of hydrogen-bond donors (Lipinski definition) is 0. The van der Waals surface area contributed by atoms with E-state index in [1.54, 1.807) is 30.3 Å². The lowest BCUT2D eigenvalue weighted by Crippen LogP contribution is -1.98. The van der Waals surface area contributed by atoms with Crippen molar-refractivity contribution in [2.24, 2.45) is 0 Å². The minimum absolute atomic E-state index is 0.151. The van der Waals surface area contributed by atoms with Crippen molar-refractivity contribution in [2.75, 3.05) is 0 Å². The number of halogens is 2. The second-order valence-electron chi connectivity index (χ2n) is 6.48. The maximum absolute atomic E-state index is 12.7. The SMILES string of the molecule is Cc1c(OCc2ccc(Cl)cc2)ccc2c1O/C(=C\c1cccc(Cl)c1)C2=O. The fraction of sp³-hybridized carbons (Fsp3) is 0.0870. The number of ketones is 1. The molecule has 0 saturated carbocycles. The van der Waals surface area contributed by atoms with E-state index in [-0.39, 0.29) is 11.5 Å². The second-order valence-corrected chi connectivity index (χ2v) is 7.35. The molecule has 0 radical (unpaired) electrons. The van der Waals surface area contributed by atoms with Gasteiger partial charge < -0.3 is 9.47 Å². The molecule has 0 spiro atoms. The zero-order valence-electron chi connectivity index (χ0n) is 15.0. The third-order valence-corrected chi connectivity index (χ3v) is 4.98. The Morgan fingerprint density at radius 2 is 1.79 bits per heavy atom. The van der Waals surface area contributed by atoms with Crippen LogP contribution in [0.2, 0.25) is 10.0 Å². The molecule has 0 fully saturated rings. The Kier molecular flexibility index (Phi) is 5.12. The first-order chi connectivity index (χ1) is 13.5. The summed E-state index contributed by atoms with van der Waals surface area (Å²) in [7, 11) is 0. The van der Waals surface area contributed by atoms with Crippen LogP contribution in [0.5, 0.6) is 11.5 Å². The van der Waals surface area contributed by atoms with Gasteiger partial charge in [-0.3, -0.25) is 4.79 Å². The van der Waals surface area contributed by atoms with Crippen LogP contribution < -0.4 is 9.47 Å². The highest BCUT2D eigenvalue weighted by Gasteiger charge is 2.30. The topological polar surface area (TPSA) is 35.5 Å². The molecule has 0 aromatic heterocycles. The summed E-state index contributed by atoms with van der Waals surface area (Å²) < 4.78 is 11.8. The Balaban J connectivity index is 1.57. The smallest absolute Gasteiger partial charge is 0.231 e. The molecule has 0 unspecified atom stereocenters. The molecule has 1 aliphatic heterocycles. The van der Waals surface area contributed by atoms with Crippen LogP contribution in [0.1, 0.15) is 27.0 Å². The molecule has 1 heterocycles. The number of allylic oxidation sites excluding steroid dienone is 1. The van der Waals surface area contributed by atoms with E-state index in [2.05, 4.69) is 0 Å². The van der Waals surface area contributed by atoms with E-state index >= 15 is 0 Å². The number of ether oxygens (including phenoxy) is 2. The van der Waals surface area contributed by atoms with Gasteiger partial charge in [0.2, 0.25) is 5.78 Å². The van der Waals surface area contributed by atoms with Crippen molar-refractivity contribution < 1.29 is 14.3 Å². The fourth-order valence-electron chi connectivity index (χ4n) is 3.01. The highest BCUT2D eigenvalue weighted by atomic mass is 35.5. The van der Waals surface area contributed by atoms with Gasteiger partial charge in [-0.15, -0.1) is 0 Å². The Hall–Kier alpha value is -2.75. The number of rotatable bonds is 4. The van der Waals surface area contributed by atoms with Crippen LogP contribution in [0.25, 0.3) is 6.08 Å². The van der Waals surface area contributed by atoms with Gasteiger partial charge in [-0.05, 0) is 60.5 Å². The van der Waals surface area contributed by atoms with E-state index in [1.165, 1.54) is 0 Å². The summed E-state index contributed by atoms with van der Waals surface area (Å²) in [5, 5.41) is 1.29. The van der Waals surface area contributed by atoms with Crippen LogP contribution in [0.4, 0.5) is 0 Å². The van der Waals surface area contributed by atoms with Crippen molar-refractivity contribution in [3.8, 4) is 11.5 Å². The lowest BCUT2D eigenvalue weighted by Gasteiger charge is -2.11. The Labute approximate surface area is 173 Å². The number of carbonyl (C=O) groups is 1. The molecule has 5 heteroatoms. The van der Waals surface area contributed by atoms with Crippen LogP contribution in [0, 0.1) is 6.92 Å². The van der Waals surface area contributed by atoms with Gasteiger partial charge in [0.05, 0.1) is 5.56 Å². The molecular formula is C23H16Cl2O3. The van der Waals surface area contributed by atoms with Gasteiger partial charge in [0.1, 0.15) is 18.1 Å². The molecule has 3 aromatic rings. The first-order valence-corrected chi connectivity index (χ1v) is 9.47. The number of fused-ring (bicyclic) bond motifs is 1. The van der Waals surface area contributed by atoms with Gasteiger partial charge >= 0.3 is 0 Å². The molecule has 28 heavy (non-hydrogen) atoms. The average Bonchev–Trinajstić information content (AvgIpc) is 2.99. The molecule has 0 saturated heterocycles. The minimum atomic E-state index is -0.151. The van der Waals surface area contributed by atoms with Gasteiger partial charge in [0.15, 0.2) is 5.76 Å². The average molecular weight is 411 g/mol. The summed E-state index contributed by atoms with van der Waals surface area (Å²) in [6.07, 6.45) is 1.70. The third-order valence-electron chi connectivity index (χ3n) is 4.49. The summed E-state index contributed by atoms with van der Waals surface area (Å²) in [6, 6.07) is 18.3. The van der Waals surface area contributed by atoms with E-state index in [0.29, 0.717) is 33.7 Å². The highest BCUT2D eigenvalue weighted by Crippen LogP contribution is 2.39. The van der Waals surface area contributed by atoms with Gasteiger partial charge in [-0.2, -0.15) is 0 Å². The van der Waals surface area contributed by atoms with E-state index in [0.717, 1.165) is 16.7 Å². The molecular weight excluding hydrogens is 395 g/mol. The minimum Gasteiger partial charge on any atom is -0.488 e. The molecule has 140 valence electrons. The molecule has 4 rings (SSSR count). The first-order valence-electron chi connectivity index (χ1n) is 8.72. The maximum atomic E-state index is 12.7. The summed E-state index contributed by atoms with van der Waals surface area (Å²) in [4.78, 5) is 12.7. The fourth-order valence-corrected chi connectivity index (χ4v) is 3.34. The Morgan fingerprint density at radius 3 is 2.54 bits per heavy atom. The Morgan fingerprint density at radius 1 is 1.00 bits per heavy atom. The predicted octanol–water partition coefficient (Wildman–Crippen LogP) is 6.50. The predicted molar refractivity (Wildman–Crippen MR) is 111 cm³/mol. The monoisotopic (exact) mass is 410 g/mol. The summed E-state index contributed by atoms with van der Waals surface area (Å²) in [6.45, 7) is 2.28. The lowest BCUT2D eigenvalue weighted by molar-refractivity contribution is 0.101. The molecule has 0 aliphatic carbocycles. The van der Waals surface area contributed by atoms with Crippen molar-refractivity contribution in [3.05, 3.63) is 98.7 Å². The van der Waals surface area contributed by atoms with E-state index in [1.807, 2.05) is 43.3 Å². The standard InChI is InChI=1S/C23H16Cl2O3/c1-14-20(27-13-15-5-7-17(24)8-6-15)10-9-19-22(26)21(28-23(14)19)12-16-3-2-4-18(25)11-16/h2-12H,13H2,1H3/b21-12-.